The molecule has 75 heavy (non-hydrogen) atoms. The first-order chi connectivity index (χ1) is 35.9. The number of ether oxygens (including phenoxy) is 8. The average Bonchev–Trinajstić information content (AvgIpc) is 3.40. The molecule has 7 unspecified atom stereocenters. The Hall–Kier alpha value is -7.99. The number of aryl methyl sites for hydroxylation is 1. The van der Waals surface area contributed by atoms with Crippen molar-refractivity contribution in [2.45, 2.75) is 77.6 Å². The molecule has 400 valence electrons. The van der Waals surface area contributed by atoms with Crippen molar-refractivity contribution in [1.29, 1.82) is 0 Å². The molecule has 0 saturated heterocycles. The monoisotopic (exact) mass is 1040 g/mol. The van der Waals surface area contributed by atoms with Gasteiger partial charge in [-0.15, -0.1) is 0 Å². The Morgan fingerprint density at radius 2 is 0.947 bits per heavy atom. The van der Waals surface area contributed by atoms with E-state index in [1.165, 1.54) is 0 Å². The summed E-state index contributed by atoms with van der Waals surface area (Å²) in [7, 11) is 0. The number of aliphatic carboxylic acids is 2. The van der Waals surface area contributed by atoms with Crippen molar-refractivity contribution in [1.82, 2.24) is 0 Å². The maximum Gasteiger partial charge on any atom is 0.330 e. The van der Waals surface area contributed by atoms with Crippen molar-refractivity contribution in [3.8, 4) is 17.2 Å². The van der Waals surface area contributed by atoms with Gasteiger partial charge in [-0.3, -0.25) is 19.2 Å². The second kappa shape index (κ2) is 28.5. The molecule has 3 N–H and O–H groups in total. The molecule has 3 aromatic carbocycles. The van der Waals surface area contributed by atoms with Crippen LogP contribution in [0.1, 0.15) is 64.6 Å². The molecule has 0 fully saturated rings. The van der Waals surface area contributed by atoms with Gasteiger partial charge in [-0.25, -0.2) is 14.4 Å². The van der Waals surface area contributed by atoms with E-state index in [0.717, 1.165) is 40.5 Å². The molecule has 0 aromatic heterocycles. The third kappa shape index (κ3) is 16.8. The number of hydrogen-bond acceptors (Lipinski definition) is 16. The number of allylic oxidation sites excluding steroid dienone is 4. The van der Waals surface area contributed by atoms with Crippen LogP contribution in [0.5, 0.6) is 17.2 Å². The van der Waals surface area contributed by atoms with E-state index < -0.39 is 97.0 Å². The lowest BCUT2D eigenvalue weighted by atomic mass is 9.83. The summed E-state index contributed by atoms with van der Waals surface area (Å²) in [6, 6.07) is 14.7. The minimum absolute atomic E-state index is 0.134. The lowest BCUT2D eigenvalue weighted by molar-refractivity contribution is -0.167. The van der Waals surface area contributed by atoms with Crippen molar-refractivity contribution >= 4 is 41.8 Å². The molecule has 0 heterocycles. The first-order valence-electron chi connectivity index (χ1n) is 24.3. The number of carboxylic acids is 2. The molecule has 0 bridgehead atoms. The van der Waals surface area contributed by atoms with Crippen LogP contribution in [0, 0.1) is 44.4 Å². The van der Waals surface area contributed by atoms with Crippen molar-refractivity contribution < 1.29 is 86.8 Å². The third-order valence-electron chi connectivity index (χ3n) is 12.7. The van der Waals surface area contributed by atoms with Gasteiger partial charge in [0.15, 0.2) is 12.2 Å². The number of hydrogen-bond donors (Lipinski definition) is 3. The Balaban J connectivity index is 1.46. The first-order valence-corrected chi connectivity index (χ1v) is 24.3. The van der Waals surface area contributed by atoms with Gasteiger partial charge in [0.1, 0.15) is 63.0 Å². The van der Waals surface area contributed by atoms with Crippen LogP contribution in [0.4, 0.5) is 0 Å². The number of esters is 5. The number of carboxylic acid groups (broad SMARTS) is 2. The predicted octanol–water partition coefficient (Wildman–Crippen LogP) is 6.64. The van der Waals surface area contributed by atoms with E-state index in [9.17, 15) is 48.9 Å². The lowest BCUT2D eigenvalue weighted by Gasteiger charge is -2.27. The van der Waals surface area contributed by atoms with Gasteiger partial charge in [0.05, 0.1) is 23.7 Å². The van der Waals surface area contributed by atoms with Gasteiger partial charge in [-0.2, -0.15) is 0 Å². The SMILES string of the molecule is C=CC(=O)OCC(O)COc1c(C)cccc1Cc1ccc(Cc2cccc(OCC(COC(=O)C=C)OC(=O)C3CC=CCC3C(=O)O)c2C)c(OCC(COC(=O)C=C)OC(=O)C2CC=CCC2C(=O)O)c1C. The zero-order chi connectivity index (χ0) is 54.6. The fourth-order valence-electron chi connectivity index (χ4n) is 8.52. The first kappa shape index (κ1) is 57.9. The van der Waals surface area contributed by atoms with Crippen LogP contribution in [0.15, 0.2) is 111 Å². The van der Waals surface area contributed by atoms with Gasteiger partial charge in [-0.05, 0) is 91.5 Å². The van der Waals surface area contributed by atoms with Crippen LogP contribution in [0.3, 0.4) is 0 Å². The van der Waals surface area contributed by atoms with Crippen LogP contribution < -0.4 is 14.2 Å². The number of rotatable bonds is 28. The molecular formula is C57H64O18. The Bertz CT molecular complexity index is 2650. The summed E-state index contributed by atoms with van der Waals surface area (Å²) < 4.78 is 46.1. The topological polar surface area (TPSA) is 254 Å². The molecule has 0 spiro atoms. The van der Waals surface area contributed by atoms with E-state index in [4.69, 9.17) is 37.9 Å². The van der Waals surface area contributed by atoms with Gasteiger partial charge >= 0.3 is 41.8 Å². The molecule has 18 nitrogen and oxygen atoms in total. The normalized spacial score (nSPS) is 17.9. The summed E-state index contributed by atoms with van der Waals surface area (Å²) in [6.07, 6.45) is 7.44. The maximum atomic E-state index is 13.6. The summed E-state index contributed by atoms with van der Waals surface area (Å²) in [6.45, 7) is 13.8. The number of benzene rings is 3. The Labute approximate surface area is 435 Å². The Morgan fingerprint density at radius 3 is 1.47 bits per heavy atom. The molecular weight excluding hydrogens is 973 g/mol. The molecule has 7 atom stereocenters. The standard InChI is InChI=1S/C57H64O18/c1-7-49(59)69-28-41(58)29-72-52-34(4)16-14-18-39(52)27-38-24-25-40(53(36(38)6)73-33-43(32-71-51(61)9-3)75-57(67)47-22-13-11-20-45(47)55(64)65)26-37-17-15-23-48(35(37)5)68-30-42(31-70-50(60)8-2)74-56(66)46-21-12-10-19-44(46)54(62)63/h7-18,23-25,41-47,58H,1-3,19-22,26-33H2,4-6H3,(H,62,63)(H,64,65). The highest BCUT2D eigenvalue weighted by Crippen LogP contribution is 2.36. The van der Waals surface area contributed by atoms with Gasteiger partial charge in [-0.1, -0.05) is 86.5 Å². The molecule has 3 aromatic rings. The summed E-state index contributed by atoms with van der Waals surface area (Å²) >= 11 is 0. The van der Waals surface area contributed by atoms with Crippen molar-refractivity contribution in [3.05, 3.63) is 150 Å². The van der Waals surface area contributed by atoms with Crippen LogP contribution >= 0.6 is 0 Å². The van der Waals surface area contributed by atoms with Crippen molar-refractivity contribution in [2.75, 3.05) is 39.6 Å². The molecule has 2 aliphatic rings. The fraction of sp³-hybridized carbons (Fsp3) is 0.386. The third-order valence-corrected chi connectivity index (χ3v) is 12.7. The van der Waals surface area contributed by atoms with Crippen LogP contribution in [0.25, 0.3) is 0 Å². The second-order valence-electron chi connectivity index (χ2n) is 18.0. The lowest BCUT2D eigenvalue weighted by Crippen LogP contribution is -2.37. The van der Waals surface area contributed by atoms with Crippen LogP contribution in [-0.2, 0) is 70.1 Å². The number of aliphatic hydroxyl groups is 1. The Kier molecular flexibility index (Phi) is 22.0. The maximum absolute atomic E-state index is 13.6. The molecule has 0 radical (unpaired) electrons. The summed E-state index contributed by atoms with van der Waals surface area (Å²) in [5, 5.41) is 30.2. The van der Waals surface area contributed by atoms with E-state index >= 15 is 0 Å². The van der Waals surface area contributed by atoms with Gasteiger partial charge in [0, 0.05) is 31.1 Å². The zero-order valence-electron chi connectivity index (χ0n) is 42.3. The summed E-state index contributed by atoms with van der Waals surface area (Å²) in [5.74, 6) is -8.77. The van der Waals surface area contributed by atoms with Gasteiger partial charge in [0.2, 0.25) is 0 Å². The Morgan fingerprint density at radius 1 is 0.520 bits per heavy atom. The molecule has 0 saturated carbocycles. The highest BCUT2D eigenvalue weighted by molar-refractivity contribution is 5.84. The number of aliphatic hydroxyl groups excluding tert-OH is 1. The molecule has 0 amide bonds. The van der Waals surface area contributed by atoms with Crippen LogP contribution in [-0.4, -0.2) is 115 Å². The smallest absolute Gasteiger partial charge is 0.330 e. The van der Waals surface area contributed by atoms with E-state index in [1.807, 2.05) is 57.2 Å². The molecule has 2 aliphatic carbocycles. The number of carbonyl (C=O) groups is 7. The molecule has 18 heteroatoms. The van der Waals surface area contributed by atoms with Gasteiger partial charge in [0.25, 0.3) is 0 Å². The predicted molar refractivity (Wildman–Crippen MR) is 271 cm³/mol. The average molecular weight is 1040 g/mol. The summed E-state index contributed by atoms with van der Waals surface area (Å²) in [5.41, 5.74) is 5.13. The van der Waals surface area contributed by atoms with Crippen molar-refractivity contribution in [2.24, 2.45) is 23.7 Å². The number of carbonyl (C=O) groups excluding carboxylic acids is 5. The van der Waals surface area contributed by atoms with E-state index in [0.29, 0.717) is 40.4 Å². The van der Waals surface area contributed by atoms with E-state index in [-0.39, 0.29) is 58.5 Å². The van der Waals surface area contributed by atoms with E-state index in [1.54, 1.807) is 36.4 Å². The zero-order valence-corrected chi connectivity index (χ0v) is 42.3. The highest BCUT2D eigenvalue weighted by atomic mass is 16.6. The minimum atomic E-state index is -1.19. The van der Waals surface area contributed by atoms with Crippen molar-refractivity contribution in [3.63, 3.8) is 0 Å². The fourth-order valence-corrected chi connectivity index (χ4v) is 8.52. The summed E-state index contributed by atoms with van der Waals surface area (Å²) in [4.78, 5) is 87.1. The number of para-hydroxylation sites is 1. The second-order valence-corrected chi connectivity index (χ2v) is 18.0. The quantitative estimate of drug-likeness (QED) is 0.0298. The van der Waals surface area contributed by atoms with Gasteiger partial charge < -0.3 is 53.2 Å². The minimum Gasteiger partial charge on any atom is -0.490 e. The van der Waals surface area contributed by atoms with E-state index in [2.05, 4.69) is 19.7 Å². The molecule has 5 rings (SSSR count). The highest BCUT2D eigenvalue weighted by Gasteiger charge is 2.38. The molecule has 0 aliphatic heterocycles. The van der Waals surface area contributed by atoms with Crippen LogP contribution in [0.2, 0.25) is 0 Å². The largest absolute Gasteiger partial charge is 0.490 e.